The van der Waals surface area contributed by atoms with Gasteiger partial charge in [0, 0.05) is 21.4 Å². The summed E-state index contributed by atoms with van der Waals surface area (Å²) in [5.41, 5.74) is 10.6. The molecule has 3 aromatic rings. The van der Waals surface area contributed by atoms with Gasteiger partial charge in [0.15, 0.2) is 0 Å². The quantitative estimate of drug-likeness (QED) is 0.698. The van der Waals surface area contributed by atoms with Crippen molar-refractivity contribution >= 4 is 28.4 Å². The van der Waals surface area contributed by atoms with Gasteiger partial charge in [-0.15, -0.1) is 0 Å². The van der Waals surface area contributed by atoms with Gasteiger partial charge in [-0.25, -0.2) is 0 Å². The van der Waals surface area contributed by atoms with Crippen LogP contribution in [0.1, 0.15) is 11.1 Å². The molecule has 2 N–H and O–H groups in total. The third-order valence-electron chi connectivity index (χ3n) is 3.49. The van der Waals surface area contributed by atoms with E-state index in [2.05, 4.69) is 37.0 Å². The van der Waals surface area contributed by atoms with Crippen LogP contribution in [0.25, 0.3) is 10.9 Å². The molecule has 3 rings (SSSR count). The van der Waals surface area contributed by atoms with Crippen LogP contribution in [-0.4, -0.2) is 4.98 Å². The second-order valence-electron chi connectivity index (χ2n) is 4.90. The highest BCUT2D eigenvalue weighted by molar-refractivity contribution is 7.99. The average Bonchev–Trinajstić information content (AvgIpc) is 2.46. The van der Waals surface area contributed by atoms with Crippen molar-refractivity contribution in [1.82, 2.24) is 4.98 Å². The van der Waals surface area contributed by atoms with Crippen LogP contribution in [0, 0.1) is 13.8 Å². The Labute approximate surface area is 123 Å². The molecule has 1 aromatic heterocycles. The molecule has 0 radical (unpaired) electrons. The monoisotopic (exact) mass is 280 g/mol. The standard InChI is InChI=1S/C17H16N2S/c1-11-5-6-13(10-12(11)2)20-16-8-7-15-14(17(16)18)4-3-9-19-15/h3-10H,18H2,1-2H3. The van der Waals surface area contributed by atoms with Gasteiger partial charge < -0.3 is 5.73 Å². The second-order valence-corrected chi connectivity index (χ2v) is 6.01. The van der Waals surface area contributed by atoms with Gasteiger partial charge >= 0.3 is 0 Å². The summed E-state index contributed by atoms with van der Waals surface area (Å²) < 4.78 is 0. The fourth-order valence-electron chi connectivity index (χ4n) is 2.15. The van der Waals surface area contributed by atoms with Gasteiger partial charge in [-0.3, -0.25) is 4.98 Å². The van der Waals surface area contributed by atoms with Crippen LogP contribution >= 0.6 is 11.8 Å². The average molecular weight is 280 g/mol. The number of rotatable bonds is 2. The molecular weight excluding hydrogens is 264 g/mol. The molecule has 0 saturated heterocycles. The molecule has 0 aliphatic heterocycles. The number of nitrogens with zero attached hydrogens (tertiary/aromatic N) is 1. The lowest BCUT2D eigenvalue weighted by Crippen LogP contribution is -1.92. The highest BCUT2D eigenvalue weighted by Crippen LogP contribution is 2.36. The lowest BCUT2D eigenvalue weighted by atomic mass is 10.1. The predicted molar refractivity (Wildman–Crippen MR) is 86.2 cm³/mol. The molecule has 0 aliphatic rings. The minimum Gasteiger partial charge on any atom is -0.397 e. The minimum atomic E-state index is 0.804. The summed E-state index contributed by atoms with van der Waals surface area (Å²) in [6, 6.07) is 14.5. The van der Waals surface area contributed by atoms with Crippen molar-refractivity contribution in [2.24, 2.45) is 0 Å². The first kappa shape index (κ1) is 13.0. The first-order valence-electron chi connectivity index (χ1n) is 6.53. The van der Waals surface area contributed by atoms with Gasteiger partial charge in [0.25, 0.3) is 0 Å². The first-order chi connectivity index (χ1) is 9.65. The number of nitrogens with two attached hydrogens (primary N) is 1. The topological polar surface area (TPSA) is 38.9 Å². The molecule has 0 atom stereocenters. The van der Waals surface area contributed by atoms with Crippen molar-refractivity contribution in [3.05, 3.63) is 59.8 Å². The Hall–Kier alpha value is -2.00. The molecule has 0 spiro atoms. The van der Waals surface area contributed by atoms with Crippen LogP contribution in [0.4, 0.5) is 5.69 Å². The van der Waals surface area contributed by atoms with Crippen LogP contribution in [0.5, 0.6) is 0 Å². The number of aryl methyl sites for hydroxylation is 2. The smallest absolute Gasteiger partial charge is 0.0723 e. The summed E-state index contributed by atoms with van der Waals surface area (Å²) in [6.07, 6.45) is 1.79. The Kier molecular flexibility index (Phi) is 3.36. The third-order valence-corrected chi connectivity index (χ3v) is 4.56. The number of fused-ring (bicyclic) bond motifs is 1. The van der Waals surface area contributed by atoms with Crippen LogP contribution in [0.2, 0.25) is 0 Å². The maximum Gasteiger partial charge on any atom is 0.0723 e. The molecule has 3 heteroatoms. The SMILES string of the molecule is Cc1ccc(Sc2ccc3ncccc3c2N)cc1C. The van der Waals surface area contributed by atoms with E-state index in [0.29, 0.717) is 0 Å². The van der Waals surface area contributed by atoms with E-state index >= 15 is 0 Å². The Morgan fingerprint density at radius 1 is 1.00 bits per heavy atom. The van der Waals surface area contributed by atoms with Crippen molar-refractivity contribution in [3.63, 3.8) is 0 Å². The largest absolute Gasteiger partial charge is 0.397 e. The zero-order valence-corrected chi connectivity index (χ0v) is 12.4. The highest BCUT2D eigenvalue weighted by Gasteiger charge is 2.07. The Morgan fingerprint density at radius 3 is 2.65 bits per heavy atom. The summed E-state index contributed by atoms with van der Waals surface area (Å²) >= 11 is 1.70. The maximum absolute atomic E-state index is 6.27. The van der Waals surface area contributed by atoms with Crippen molar-refractivity contribution in [2.75, 3.05) is 5.73 Å². The van der Waals surface area contributed by atoms with Crippen LogP contribution in [0.15, 0.2) is 58.5 Å². The van der Waals surface area contributed by atoms with Gasteiger partial charge in [0.05, 0.1) is 11.2 Å². The molecular formula is C17H16N2S. The molecule has 2 aromatic carbocycles. The van der Waals surface area contributed by atoms with Crippen LogP contribution in [-0.2, 0) is 0 Å². The number of anilines is 1. The van der Waals surface area contributed by atoms with Gasteiger partial charge in [0.2, 0.25) is 0 Å². The van der Waals surface area contributed by atoms with E-state index in [1.165, 1.54) is 16.0 Å². The Bertz CT molecular complexity index is 781. The molecule has 2 nitrogen and oxygen atoms in total. The van der Waals surface area contributed by atoms with Crippen molar-refractivity contribution < 1.29 is 0 Å². The second kappa shape index (κ2) is 5.17. The summed E-state index contributed by atoms with van der Waals surface area (Å²) in [5, 5.41) is 1.02. The molecule has 0 fully saturated rings. The highest BCUT2D eigenvalue weighted by atomic mass is 32.2. The lowest BCUT2D eigenvalue weighted by molar-refractivity contribution is 1.27. The number of nitrogen functional groups attached to an aromatic ring is 1. The van der Waals surface area contributed by atoms with Crippen LogP contribution < -0.4 is 5.73 Å². The Morgan fingerprint density at radius 2 is 1.85 bits per heavy atom. The zero-order chi connectivity index (χ0) is 14.1. The lowest BCUT2D eigenvalue weighted by Gasteiger charge is -2.09. The van der Waals surface area contributed by atoms with E-state index in [-0.39, 0.29) is 0 Å². The van der Waals surface area contributed by atoms with Gasteiger partial charge in [-0.05, 0) is 61.4 Å². The zero-order valence-electron chi connectivity index (χ0n) is 11.6. The van der Waals surface area contributed by atoms with Crippen molar-refractivity contribution in [1.29, 1.82) is 0 Å². The van der Waals surface area contributed by atoms with E-state index in [4.69, 9.17) is 5.73 Å². The summed E-state index contributed by atoms with van der Waals surface area (Å²) in [4.78, 5) is 6.62. The van der Waals surface area contributed by atoms with Crippen molar-refractivity contribution in [3.8, 4) is 0 Å². The number of benzene rings is 2. The molecule has 0 saturated carbocycles. The molecule has 0 aliphatic carbocycles. The Balaban J connectivity index is 2.02. The number of pyridine rings is 1. The van der Waals surface area contributed by atoms with Gasteiger partial charge in [-0.1, -0.05) is 17.8 Å². The van der Waals surface area contributed by atoms with E-state index in [1.54, 1.807) is 18.0 Å². The van der Waals surface area contributed by atoms with E-state index in [9.17, 15) is 0 Å². The number of hydrogen-bond donors (Lipinski definition) is 1. The number of hydrogen-bond acceptors (Lipinski definition) is 3. The third kappa shape index (κ3) is 2.37. The normalized spacial score (nSPS) is 10.9. The minimum absolute atomic E-state index is 0.804. The molecule has 1 heterocycles. The summed E-state index contributed by atoms with van der Waals surface area (Å²) in [6.45, 7) is 4.26. The van der Waals surface area contributed by atoms with E-state index < -0.39 is 0 Å². The molecule has 0 amide bonds. The number of aromatic nitrogens is 1. The van der Waals surface area contributed by atoms with Crippen LogP contribution in [0.3, 0.4) is 0 Å². The summed E-state index contributed by atoms with van der Waals surface area (Å²) in [5.74, 6) is 0. The predicted octanol–water partition coefficient (Wildman–Crippen LogP) is 4.59. The fraction of sp³-hybridized carbons (Fsp3) is 0.118. The molecule has 20 heavy (non-hydrogen) atoms. The molecule has 0 unspecified atom stereocenters. The van der Waals surface area contributed by atoms with Gasteiger partial charge in [0.1, 0.15) is 0 Å². The van der Waals surface area contributed by atoms with Crippen molar-refractivity contribution in [2.45, 2.75) is 23.6 Å². The van der Waals surface area contributed by atoms with E-state index in [1.807, 2.05) is 24.3 Å². The molecule has 100 valence electrons. The maximum atomic E-state index is 6.27. The summed E-state index contributed by atoms with van der Waals surface area (Å²) in [7, 11) is 0. The molecule has 0 bridgehead atoms. The van der Waals surface area contributed by atoms with Gasteiger partial charge in [-0.2, -0.15) is 0 Å². The fourth-order valence-corrected chi connectivity index (χ4v) is 3.13. The van der Waals surface area contributed by atoms with E-state index in [0.717, 1.165) is 21.5 Å². The first-order valence-corrected chi connectivity index (χ1v) is 7.35.